The molecule has 0 saturated heterocycles. The van der Waals surface area contributed by atoms with Gasteiger partial charge in [0.05, 0.1) is 27.0 Å². The van der Waals surface area contributed by atoms with Gasteiger partial charge in [0.15, 0.2) is 4.96 Å². The lowest BCUT2D eigenvalue weighted by molar-refractivity contribution is -0.149. The molecule has 3 heterocycles. The predicted octanol–water partition coefficient (Wildman–Crippen LogP) is 2.64. The number of ether oxygens (including phenoxy) is 1. The normalized spacial score (nSPS) is 14.3. The summed E-state index contributed by atoms with van der Waals surface area (Å²) in [5, 5.41) is 0. The molecule has 1 unspecified atom stereocenters. The van der Waals surface area contributed by atoms with Gasteiger partial charge in [0.25, 0.3) is 17.4 Å². The van der Waals surface area contributed by atoms with Crippen molar-refractivity contribution >= 4 is 44.3 Å². The topological polar surface area (TPSA) is 98.1 Å². The average Bonchev–Trinajstić information content (AvgIpc) is 3.27. The molecule has 2 amide bonds. The molecular formula is C22H15N3O5S. The zero-order valence-corrected chi connectivity index (χ0v) is 17.1. The molecule has 0 saturated carbocycles. The molecule has 2 aromatic heterocycles. The molecule has 5 rings (SSSR count). The van der Waals surface area contributed by atoms with Gasteiger partial charge in [-0.3, -0.25) is 23.7 Å². The molecule has 2 aromatic carbocycles. The van der Waals surface area contributed by atoms with E-state index in [2.05, 4.69) is 4.98 Å². The molecule has 0 bridgehead atoms. The maximum absolute atomic E-state index is 12.6. The van der Waals surface area contributed by atoms with E-state index in [1.54, 1.807) is 24.3 Å². The second-order valence-electron chi connectivity index (χ2n) is 7.08. The van der Waals surface area contributed by atoms with Gasteiger partial charge in [0.2, 0.25) is 0 Å². The molecule has 1 atom stereocenters. The Balaban J connectivity index is 1.35. The zero-order valence-electron chi connectivity index (χ0n) is 16.3. The van der Waals surface area contributed by atoms with Crippen LogP contribution in [-0.2, 0) is 16.1 Å². The Morgan fingerprint density at radius 1 is 1.03 bits per heavy atom. The van der Waals surface area contributed by atoms with Crippen LogP contribution in [0, 0.1) is 0 Å². The van der Waals surface area contributed by atoms with E-state index >= 15 is 0 Å². The number of hydrogen-bond acceptors (Lipinski definition) is 7. The van der Waals surface area contributed by atoms with Gasteiger partial charge in [-0.2, -0.15) is 0 Å². The number of aromatic nitrogens is 2. The highest BCUT2D eigenvalue weighted by Gasteiger charge is 2.41. The summed E-state index contributed by atoms with van der Waals surface area (Å²) in [5.74, 6) is -1.82. The fourth-order valence-corrected chi connectivity index (χ4v) is 4.68. The monoisotopic (exact) mass is 433 g/mol. The fraction of sp³-hybridized carbons (Fsp3) is 0.136. The van der Waals surface area contributed by atoms with Crippen LogP contribution in [0.5, 0.6) is 0 Å². The van der Waals surface area contributed by atoms with Crippen LogP contribution in [0.3, 0.4) is 0 Å². The summed E-state index contributed by atoms with van der Waals surface area (Å²) < 4.78 is 7.71. The van der Waals surface area contributed by atoms with Gasteiger partial charge in [0, 0.05) is 6.07 Å². The molecule has 0 N–H and O–H groups in total. The van der Waals surface area contributed by atoms with E-state index in [-0.39, 0.29) is 23.3 Å². The summed E-state index contributed by atoms with van der Waals surface area (Å²) >= 11 is 1.36. The van der Waals surface area contributed by atoms with Crippen LogP contribution in [0.25, 0.3) is 15.2 Å². The number of carbonyl (C=O) groups is 3. The minimum atomic E-state index is -1.11. The Bertz CT molecular complexity index is 1420. The Kier molecular flexibility index (Phi) is 4.40. The second-order valence-corrected chi connectivity index (χ2v) is 8.09. The van der Waals surface area contributed by atoms with Crippen LogP contribution >= 0.6 is 11.3 Å². The number of rotatable bonds is 4. The Labute approximate surface area is 179 Å². The van der Waals surface area contributed by atoms with Crippen LogP contribution in [0.15, 0.2) is 59.4 Å². The summed E-state index contributed by atoms with van der Waals surface area (Å²) in [5.41, 5.74) is 1.30. The number of esters is 1. The van der Waals surface area contributed by atoms with E-state index in [0.29, 0.717) is 10.7 Å². The largest absolute Gasteiger partial charge is 0.458 e. The summed E-state index contributed by atoms with van der Waals surface area (Å²) in [7, 11) is 0. The molecule has 4 aromatic rings. The van der Waals surface area contributed by atoms with Crippen molar-refractivity contribution in [2.45, 2.75) is 19.6 Å². The van der Waals surface area contributed by atoms with Crippen LogP contribution < -0.4 is 5.56 Å². The zero-order chi connectivity index (χ0) is 21.7. The van der Waals surface area contributed by atoms with Gasteiger partial charge in [-0.25, -0.2) is 9.78 Å². The first kappa shape index (κ1) is 19.1. The number of thiazole rings is 1. The molecule has 1 aliphatic rings. The van der Waals surface area contributed by atoms with E-state index in [1.807, 2.05) is 24.3 Å². The Morgan fingerprint density at radius 2 is 1.68 bits per heavy atom. The third kappa shape index (κ3) is 3.01. The lowest BCUT2D eigenvalue weighted by Gasteiger charge is -2.20. The summed E-state index contributed by atoms with van der Waals surface area (Å²) in [4.78, 5) is 56.0. The maximum Gasteiger partial charge on any atom is 0.329 e. The van der Waals surface area contributed by atoms with Gasteiger partial charge in [0.1, 0.15) is 12.6 Å². The molecule has 154 valence electrons. The molecule has 0 aliphatic carbocycles. The third-order valence-electron chi connectivity index (χ3n) is 5.16. The Hall–Kier alpha value is -3.85. The SMILES string of the molecule is CC(C(=O)OCc1cc(=O)n2c(n1)sc1ccccc12)N1C(=O)c2ccccc2C1=O. The number of amides is 2. The molecule has 0 fully saturated rings. The molecular weight excluding hydrogens is 418 g/mol. The minimum absolute atomic E-state index is 0.244. The van der Waals surface area contributed by atoms with E-state index in [1.165, 1.54) is 28.7 Å². The van der Waals surface area contributed by atoms with E-state index in [9.17, 15) is 19.2 Å². The van der Waals surface area contributed by atoms with Crippen molar-refractivity contribution in [3.05, 3.63) is 81.8 Å². The third-order valence-corrected chi connectivity index (χ3v) is 6.19. The lowest BCUT2D eigenvalue weighted by atomic mass is 10.1. The molecule has 31 heavy (non-hydrogen) atoms. The summed E-state index contributed by atoms with van der Waals surface area (Å²) in [6, 6.07) is 14.1. The molecule has 0 radical (unpaired) electrons. The van der Waals surface area contributed by atoms with Gasteiger partial charge in [-0.15, -0.1) is 0 Å². The second kappa shape index (κ2) is 7.13. The highest BCUT2D eigenvalue weighted by Crippen LogP contribution is 2.25. The van der Waals surface area contributed by atoms with Crippen molar-refractivity contribution in [2.24, 2.45) is 0 Å². The van der Waals surface area contributed by atoms with Gasteiger partial charge < -0.3 is 4.74 Å². The minimum Gasteiger partial charge on any atom is -0.458 e. The first-order valence-corrected chi connectivity index (χ1v) is 10.3. The molecule has 9 heteroatoms. The summed E-state index contributed by atoms with van der Waals surface area (Å²) in [6.07, 6.45) is 0. The van der Waals surface area contributed by atoms with Crippen LogP contribution in [0.2, 0.25) is 0 Å². The molecule has 1 aliphatic heterocycles. The number of nitrogens with zero attached hydrogens (tertiary/aromatic N) is 3. The van der Waals surface area contributed by atoms with Crippen molar-refractivity contribution in [3.8, 4) is 0 Å². The van der Waals surface area contributed by atoms with Crippen molar-refractivity contribution < 1.29 is 19.1 Å². The standard InChI is InChI=1S/C22H15N3O5S/c1-12(24-19(27)14-6-2-3-7-15(14)20(24)28)21(29)30-11-13-10-18(26)25-16-8-4-5-9-17(16)31-22(25)23-13/h2-10,12H,11H2,1H3. The van der Waals surface area contributed by atoms with Crippen molar-refractivity contribution in [3.63, 3.8) is 0 Å². The van der Waals surface area contributed by atoms with Gasteiger partial charge in [-0.1, -0.05) is 35.6 Å². The Morgan fingerprint density at radius 3 is 2.39 bits per heavy atom. The lowest BCUT2D eigenvalue weighted by Crippen LogP contribution is -2.43. The maximum atomic E-state index is 12.6. The fourth-order valence-electron chi connectivity index (χ4n) is 3.63. The number of imide groups is 1. The number of benzene rings is 2. The highest BCUT2D eigenvalue weighted by molar-refractivity contribution is 7.23. The summed E-state index contributed by atoms with van der Waals surface area (Å²) in [6.45, 7) is 1.19. The van der Waals surface area contributed by atoms with Crippen molar-refractivity contribution in [1.82, 2.24) is 14.3 Å². The van der Waals surface area contributed by atoms with Crippen LogP contribution in [0.4, 0.5) is 0 Å². The van der Waals surface area contributed by atoms with E-state index in [4.69, 9.17) is 4.74 Å². The van der Waals surface area contributed by atoms with Gasteiger partial charge >= 0.3 is 5.97 Å². The number of fused-ring (bicyclic) bond motifs is 4. The van der Waals surface area contributed by atoms with Gasteiger partial charge in [-0.05, 0) is 31.2 Å². The quantitative estimate of drug-likeness (QED) is 0.363. The van der Waals surface area contributed by atoms with Crippen LogP contribution in [-0.4, -0.2) is 38.1 Å². The predicted molar refractivity (Wildman–Crippen MR) is 113 cm³/mol. The first-order valence-electron chi connectivity index (χ1n) is 9.49. The number of para-hydroxylation sites is 1. The number of carbonyl (C=O) groups excluding carboxylic acids is 3. The number of hydrogen-bond donors (Lipinski definition) is 0. The smallest absolute Gasteiger partial charge is 0.329 e. The van der Waals surface area contributed by atoms with E-state index < -0.39 is 23.8 Å². The molecule has 8 nitrogen and oxygen atoms in total. The average molecular weight is 433 g/mol. The van der Waals surface area contributed by atoms with Crippen molar-refractivity contribution in [1.29, 1.82) is 0 Å². The van der Waals surface area contributed by atoms with E-state index in [0.717, 1.165) is 15.1 Å². The molecule has 0 spiro atoms. The highest BCUT2D eigenvalue weighted by atomic mass is 32.1. The van der Waals surface area contributed by atoms with Crippen molar-refractivity contribution in [2.75, 3.05) is 0 Å². The first-order chi connectivity index (χ1) is 15.0. The van der Waals surface area contributed by atoms with Crippen LogP contribution in [0.1, 0.15) is 33.3 Å².